The fraction of sp³-hybridized carbons (Fsp3) is 0.900. The average Bonchev–Trinajstić information content (AvgIpc) is 2.46. The Bertz CT molecular complexity index is 206. The maximum Gasteiger partial charge on any atom is 0.304 e. The highest BCUT2D eigenvalue weighted by Crippen LogP contribution is 2.20. The van der Waals surface area contributed by atoms with Crippen LogP contribution in [0.3, 0.4) is 0 Å². The van der Waals surface area contributed by atoms with Crippen molar-refractivity contribution in [2.24, 2.45) is 5.92 Å². The Morgan fingerprint density at radius 3 is 2.57 bits per heavy atom. The predicted molar refractivity (Wildman–Crippen MR) is 53.1 cm³/mol. The van der Waals surface area contributed by atoms with Crippen LogP contribution in [0.15, 0.2) is 0 Å². The number of β-amino-alcohol motifs (C(OH)–C–C–N with tert-alkyl or cyclic N) is 1. The Hall–Kier alpha value is -0.610. The summed E-state index contributed by atoms with van der Waals surface area (Å²) in [5.41, 5.74) is 0. The van der Waals surface area contributed by atoms with Crippen LogP contribution in [0.5, 0.6) is 0 Å². The molecular formula is C10H19NO3. The van der Waals surface area contributed by atoms with Crippen LogP contribution in [0, 0.1) is 5.92 Å². The number of aliphatic hydroxyl groups is 1. The Morgan fingerprint density at radius 1 is 1.57 bits per heavy atom. The van der Waals surface area contributed by atoms with Gasteiger partial charge in [-0.3, -0.25) is 9.69 Å². The maximum atomic E-state index is 10.7. The van der Waals surface area contributed by atoms with E-state index in [1.807, 2.05) is 13.8 Å². The summed E-state index contributed by atoms with van der Waals surface area (Å²) in [5.74, 6) is -0.443. The number of carboxylic acids is 1. The third kappa shape index (κ3) is 2.96. The van der Waals surface area contributed by atoms with Crippen molar-refractivity contribution in [3.05, 3.63) is 0 Å². The molecule has 1 saturated heterocycles. The van der Waals surface area contributed by atoms with Crippen molar-refractivity contribution >= 4 is 5.97 Å². The Labute approximate surface area is 84.5 Å². The molecule has 0 aliphatic carbocycles. The van der Waals surface area contributed by atoms with Gasteiger partial charge in [0.2, 0.25) is 0 Å². The lowest BCUT2D eigenvalue weighted by atomic mass is 9.99. The summed E-state index contributed by atoms with van der Waals surface area (Å²) < 4.78 is 0. The number of carboxylic acid groups (broad SMARTS) is 1. The highest BCUT2D eigenvalue weighted by molar-refractivity contribution is 5.67. The summed E-state index contributed by atoms with van der Waals surface area (Å²) in [5, 5.41) is 18.1. The van der Waals surface area contributed by atoms with Crippen molar-refractivity contribution in [1.82, 2.24) is 4.90 Å². The topological polar surface area (TPSA) is 60.8 Å². The molecule has 0 saturated carbocycles. The molecule has 14 heavy (non-hydrogen) atoms. The molecule has 0 bridgehead atoms. The van der Waals surface area contributed by atoms with Crippen LogP contribution < -0.4 is 0 Å². The van der Waals surface area contributed by atoms with Gasteiger partial charge in [0.05, 0.1) is 12.5 Å². The second-order valence-corrected chi connectivity index (χ2v) is 4.35. The number of aliphatic carboxylic acids is 1. The molecule has 1 fully saturated rings. The second-order valence-electron chi connectivity index (χ2n) is 4.35. The molecular weight excluding hydrogens is 182 g/mol. The van der Waals surface area contributed by atoms with E-state index in [0.29, 0.717) is 12.5 Å². The highest BCUT2D eigenvalue weighted by atomic mass is 16.4. The Morgan fingerprint density at radius 2 is 2.21 bits per heavy atom. The Kier molecular flexibility index (Phi) is 3.89. The van der Waals surface area contributed by atoms with Crippen LogP contribution in [0.25, 0.3) is 0 Å². The molecule has 1 rings (SSSR count). The van der Waals surface area contributed by atoms with E-state index in [2.05, 4.69) is 4.90 Å². The first-order chi connectivity index (χ1) is 6.50. The number of likely N-dealkylation sites (tertiary alicyclic amines) is 1. The summed E-state index contributed by atoms with van der Waals surface area (Å²) in [6.07, 6.45) is 0.665. The van der Waals surface area contributed by atoms with Crippen molar-refractivity contribution in [2.75, 3.05) is 13.1 Å². The van der Waals surface area contributed by atoms with Gasteiger partial charge < -0.3 is 10.2 Å². The van der Waals surface area contributed by atoms with Crippen LogP contribution in [0.2, 0.25) is 0 Å². The molecule has 82 valence electrons. The second kappa shape index (κ2) is 4.75. The Balaban J connectivity index is 2.54. The third-order valence-corrected chi connectivity index (χ3v) is 2.82. The van der Waals surface area contributed by atoms with Gasteiger partial charge in [0, 0.05) is 19.1 Å². The van der Waals surface area contributed by atoms with Gasteiger partial charge in [0.1, 0.15) is 0 Å². The van der Waals surface area contributed by atoms with Crippen LogP contribution in [0.4, 0.5) is 0 Å². The van der Waals surface area contributed by atoms with Gasteiger partial charge in [-0.1, -0.05) is 13.8 Å². The molecule has 2 N–H and O–H groups in total. The molecule has 0 radical (unpaired) electrons. The number of rotatable bonds is 4. The van der Waals surface area contributed by atoms with E-state index in [4.69, 9.17) is 5.11 Å². The zero-order valence-electron chi connectivity index (χ0n) is 8.81. The molecule has 2 atom stereocenters. The minimum Gasteiger partial charge on any atom is -0.481 e. The fourth-order valence-electron chi connectivity index (χ4n) is 2.03. The molecule has 0 spiro atoms. The van der Waals surface area contributed by atoms with E-state index in [0.717, 1.165) is 13.0 Å². The van der Waals surface area contributed by atoms with Gasteiger partial charge in [0.25, 0.3) is 0 Å². The summed E-state index contributed by atoms with van der Waals surface area (Å²) in [6.45, 7) is 5.49. The molecule has 0 amide bonds. The number of hydrogen-bond donors (Lipinski definition) is 2. The van der Waals surface area contributed by atoms with Crippen LogP contribution in [-0.2, 0) is 4.79 Å². The van der Waals surface area contributed by atoms with Gasteiger partial charge >= 0.3 is 5.97 Å². The first kappa shape index (κ1) is 11.5. The molecule has 0 aromatic rings. The fourth-order valence-corrected chi connectivity index (χ4v) is 2.03. The molecule has 1 aliphatic rings. The van der Waals surface area contributed by atoms with Crippen LogP contribution in [0.1, 0.15) is 26.7 Å². The van der Waals surface area contributed by atoms with Gasteiger partial charge in [-0.05, 0) is 12.3 Å². The van der Waals surface area contributed by atoms with Gasteiger partial charge in [-0.25, -0.2) is 0 Å². The van der Waals surface area contributed by atoms with E-state index in [1.54, 1.807) is 0 Å². The average molecular weight is 201 g/mol. The lowest BCUT2D eigenvalue weighted by molar-refractivity contribution is -0.138. The predicted octanol–water partition coefficient (Wildman–Crippen LogP) is 0.552. The van der Waals surface area contributed by atoms with Crippen molar-refractivity contribution in [1.29, 1.82) is 0 Å². The summed E-state index contributed by atoms with van der Waals surface area (Å²) >= 11 is 0. The normalized spacial score (nSPS) is 25.6. The first-order valence-electron chi connectivity index (χ1n) is 5.14. The van der Waals surface area contributed by atoms with E-state index in [1.165, 1.54) is 0 Å². The number of hydrogen-bond acceptors (Lipinski definition) is 3. The van der Waals surface area contributed by atoms with Gasteiger partial charge in [0.15, 0.2) is 0 Å². The lowest BCUT2D eigenvalue weighted by Gasteiger charge is -2.29. The number of nitrogens with zero attached hydrogens (tertiary/aromatic N) is 1. The number of aliphatic hydroxyl groups excluding tert-OH is 1. The standard InChI is InChI=1S/C10H19NO3/c1-7(2)9(5-10(13)14)11-4-3-8(12)6-11/h7-9,12H,3-6H2,1-2H3,(H,13,14). The van der Waals surface area contributed by atoms with Gasteiger partial charge in [-0.2, -0.15) is 0 Å². The summed E-state index contributed by atoms with van der Waals surface area (Å²) in [4.78, 5) is 12.7. The molecule has 4 heteroatoms. The van der Waals surface area contributed by atoms with Gasteiger partial charge in [-0.15, -0.1) is 0 Å². The zero-order valence-corrected chi connectivity index (χ0v) is 8.81. The molecule has 4 nitrogen and oxygen atoms in total. The molecule has 0 aromatic heterocycles. The maximum absolute atomic E-state index is 10.7. The first-order valence-corrected chi connectivity index (χ1v) is 5.14. The monoisotopic (exact) mass is 201 g/mol. The largest absolute Gasteiger partial charge is 0.481 e. The number of carbonyl (C=O) groups is 1. The molecule has 2 unspecified atom stereocenters. The van der Waals surface area contributed by atoms with Crippen LogP contribution >= 0.6 is 0 Å². The van der Waals surface area contributed by atoms with E-state index in [-0.39, 0.29) is 18.6 Å². The minimum atomic E-state index is -0.759. The van der Waals surface area contributed by atoms with Crippen molar-refractivity contribution in [2.45, 2.75) is 38.8 Å². The summed E-state index contributed by atoms with van der Waals surface area (Å²) in [6, 6.07) is 0.0599. The summed E-state index contributed by atoms with van der Waals surface area (Å²) in [7, 11) is 0. The highest BCUT2D eigenvalue weighted by Gasteiger charge is 2.30. The lowest BCUT2D eigenvalue weighted by Crippen LogP contribution is -2.39. The van der Waals surface area contributed by atoms with E-state index < -0.39 is 5.97 Å². The quantitative estimate of drug-likeness (QED) is 0.697. The van der Waals surface area contributed by atoms with Crippen molar-refractivity contribution in [3.63, 3.8) is 0 Å². The van der Waals surface area contributed by atoms with E-state index in [9.17, 15) is 9.90 Å². The molecule has 1 aliphatic heterocycles. The van der Waals surface area contributed by atoms with Crippen molar-refractivity contribution < 1.29 is 15.0 Å². The van der Waals surface area contributed by atoms with Crippen LogP contribution in [-0.4, -0.2) is 46.3 Å². The van der Waals surface area contributed by atoms with E-state index >= 15 is 0 Å². The molecule has 1 heterocycles. The zero-order chi connectivity index (χ0) is 10.7. The minimum absolute atomic E-state index is 0.0599. The molecule has 0 aromatic carbocycles. The smallest absolute Gasteiger partial charge is 0.304 e. The SMILES string of the molecule is CC(C)C(CC(=O)O)N1CCC(O)C1. The third-order valence-electron chi connectivity index (χ3n) is 2.82. The van der Waals surface area contributed by atoms with Crippen molar-refractivity contribution in [3.8, 4) is 0 Å².